The van der Waals surface area contributed by atoms with Crippen LogP contribution in [-0.4, -0.2) is 4.98 Å². The molecule has 14 heavy (non-hydrogen) atoms. The molecular weight excluding hydrogens is 184 g/mol. The lowest BCUT2D eigenvalue weighted by Crippen LogP contribution is -2.14. The SMILES string of the molecule is [C-]#[N+]c1ccc2[nH]c(=O)oc(=O)c2c1. The molecule has 1 N–H and O–H groups in total. The second-order valence-electron chi connectivity index (χ2n) is 2.64. The van der Waals surface area contributed by atoms with E-state index in [4.69, 9.17) is 6.57 Å². The number of fused-ring (bicyclic) bond motifs is 1. The zero-order valence-corrected chi connectivity index (χ0v) is 6.90. The summed E-state index contributed by atoms with van der Waals surface area (Å²) < 4.78 is 4.32. The van der Waals surface area contributed by atoms with Crippen LogP contribution in [0.25, 0.3) is 15.7 Å². The van der Waals surface area contributed by atoms with Crippen molar-refractivity contribution in [2.75, 3.05) is 0 Å². The highest BCUT2D eigenvalue weighted by Crippen LogP contribution is 2.15. The summed E-state index contributed by atoms with van der Waals surface area (Å²) in [6, 6.07) is 4.40. The number of nitrogens with one attached hydrogen (secondary N) is 1. The Kier molecular flexibility index (Phi) is 1.68. The number of hydrogen-bond donors (Lipinski definition) is 1. The van der Waals surface area contributed by atoms with Crippen molar-refractivity contribution in [2.45, 2.75) is 0 Å². The molecule has 0 spiro atoms. The Labute approximate surface area is 77.4 Å². The molecule has 1 heterocycles. The third-order valence-electron chi connectivity index (χ3n) is 1.77. The summed E-state index contributed by atoms with van der Waals surface area (Å²) in [6.07, 6.45) is 0. The average molecular weight is 188 g/mol. The van der Waals surface area contributed by atoms with Crippen LogP contribution < -0.4 is 11.4 Å². The van der Waals surface area contributed by atoms with Gasteiger partial charge in [-0.1, -0.05) is 6.07 Å². The van der Waals surface area contributed by atoms with Gasteiger partial charge in [0.15, 0.2) is 5.69 Å². The molecule has 0 aliphatic heterocycles. The van der Waals surface area contributed by atoms with Crippen LogP contribution in [0.2, 0.25) is 0 Å². The monoisotopic (exact) mass is 188 g/mol. The summed E-state index contributed by atoms with van der Waals surface area (Å²) in [6.45, 7) is 6.75. The number of benzene rings is 1. The highest BCUT2D eigenvalue weighted by Gasteiger charge is 2.02. The molecule has 0 unspecified atom stereocenters. The van der Waals surface area contributed by atoms with Crippen LogP contribution in [0.4, 0.5) is 5.69 Å². The summed E-state index contributed by atoms with van der Waals surface area (Å²) in [5.74, 6) is -0.793. The molecular formula is C9H4N2O3. The second kappa shape index (κ2) is 2.85. The summed E-state index contributed by atoms with van der Waals surface area (Å²) in [4.78, 5) is 27.5. The summed E-state index contributed by atoms with van der Waals surface area (Å²) in [5, 5.41) is 0.207. The Morgan fingerprint density at radius 1 is 1.36 bits per heavy atom. The molecule has 0 atom stereocenters. The highest BCUT2D eigenvalue weighted by molar-refractivity contribution is 5.80. The van der Waals surface area contributed by atoms with Gasteiger partial charge in [-0.2, -0.15) is 0 Å². The van der Waals surface area contributed by atoms with Crippen LogP contribution in [0.3, 0.4) is 0 Å². The number of H-pyrrole nitrogens is 1. The predicted octanol–water partition coefficient (Wildman–Crippen LogP) is 1.03. The van der Waals surface area contributed by atoms with E-state index < -0.39 is 11.4 Å². The molecule has 0 bridgehead atoms. The van der Waals surface area contributed by atoms with Crippen molar-refractivity contribution in [1.82, 2.24) is 4.98 Å². The minimum Gasteiger partial charge on any atom is -0.372 e. The van der Waals surface area contributed by atoms with Crippen LogP contribution in [0.15, 0.2) is 32.2 Å². The maximum absolute atomic E-state index is 11.2. The third-order valence-corrected chi connectivity index (χ3v) is 1.77. The largest absolute Gasteiger partial charge is 0.419 e. The summed E-state index contributed by atoms with van der Waals surface area (Å²) in [5.41, 5.74) is -0.0234. The van der Waals surface area contributed by atoms with Crippen LogP contribution >= 0.6 is 0 Å². The Morgan fingerprint density at radius 2 is 2.14 bits per heavy atom. The Balaban J connectivity index is 2.98. The van der Waals surface area contributed by atoms with Gasteiger partial charge >= 0.3 is 11.4 Å². The van der Waals surface area contributed by atoms with E-state index in [1.165, 1.54) is 18.2 Å². The molecule has 0 radical (unpaired) electrons. The fraction of sp³-hybridized carbons (Fsp3) is 0. The topological polar surface area (TPSA) is 67.4 Å². The van der Waals surface area contributed by atoms with E-state index in [2.05, 4.69) is 14.2 Å². The zero-order valence-electron chi connectivity index (χ0n) is 6.90. The standard InChI is InChI=1S/C9H4N2O3/c1-10-5-2-3-7-6(4-5)8(12)14-9(13)11-7/h2-4H,(H,11,13). The normalized spacial score (nSPS) is 9.93. The van der Waals surface area contributed by atoms with Crippen LogP contribution in [0.5, 0.6) is 0 Å². The van der Waals surface area contributed by atoms with E-state index >= 15 is 0 Å². The lowest BCUT2D eigenvalue weighted by Gasteiger charge is -1.94. The number of nitrogens with zero attached hydrogens (tertiary/aromatic N) is 1. The summed E-state index contributed by atoms with van der Waals surface area (Å²) in [7, 11) is 0. The first kappa shape index (κ1) is 8.26. The Morgan fingerprint density at radius 3 is 2.86 bits per heavy atom. The molecule has 0 fully saturated rings. The molecule has 5 heteroatoms. The molecule has 68 valence electrons. The fourth-order valence-electron chi connectivity index (χ4n) is 1.15. The molecule has 0 saturated heterocycles. The molecule has 1 aromatic carbocycles. The fourth-order valence-corrected chi connectivity index (χ4v) is 1.15. The summed E-state index contributed by atoms with van der Waals surface area (Å²) >= 11 is 0. The smallest absolute Gasteiger partial charge is 0.372 e. The zero-order chi connectivity index (χ0) is 10.1. The number of aromatic amines is 1. The van der Waals surface area contributed by atoms with E-state index in [-0.39, 0.29) is 5.39 Å². The van der Waals surface area contributed by atoms with Crippen LogP contribution in [0.1, 0.15) is 0 Å². The molecule has 5 nitrogen and oxygen atoms in total. The molecule has 2 rings (SSSR count). The van der Waals surface area contributed by atoms with Gasteiger partial charge in [-0.05, 0) is 12.1 Å². The van der Waals surface area contributed by atoms with Crippen molar-refractivity contribution < 1.29 is 4.42 Å². The van der Waals surface area contributed by atoms with Crippen molar-refractivity contribution in [3.05, 3.63) is 50.6 Å². The van der Waals surface area contributed by atoms with Crippen molar-refractivity contribution in [3.63, 3.8) is 0 Å². The van der Waals surface area contributed by atoms with Gasteiger partial charge in [-0.3, -0.25) is 4.98 Å². The van der Waals surface area contributed by atoms with Crippen molar-refractivity contribution >= 4 is 16.6 Å². The average Bonchev–Trinajstić information content (AvgIpc) is 2.17. The van der Waals surface area contributed by atoms with Gasteiger partial charge in [-0.25, -0.2) is 14.4 Å². The first-order chi connectivity index (χ1) is 6.70. The van der Waals surface area contributed by atoms with Gasteiger partial charge in [0.2, 0.25) is 0 Å². The van der Waals surface area contributed by atoms with Crippen molar-refractivity contribution in [3.8, 4) is 0 Å². The maximum Gasteiger partial charge on any atom is 0.419 e. The number of rotatable bonds is 0. The van der Waals surface area contributed by atoms with Gasteiger partial charge in [0.05, 0.1) is 17.5 Å². The minimum atomic E-state index is -0.793. The van der Waals surface area contributed by atoms with Crippen molar-refractivity contribution in [1.29, 1.82) is 0 Å². The highest BCUT2D eigenvalue weighted by atomic mass is 16.4. The third kappa shape index (κ3) is 1.19. The van der Waals surface area contributed by atoms with Gasteiger partial charge < -0.3 is 4.42 Å². The lowest BCUT2D eigenvalue weighted by atomic mass is 10.2. The van der Waals surface area contributed by atoms with Crippen LogP contribution in [0, 0.1) is 6.57 Å². The predicted molar refractivity (Wildman–Crippen MR) is 49.4 cm³/mol. The van der Waals surface area contributed by atoms with Gasteiger partial charge in [0.1, 0.15) is 0 Å². The Hall–Kier alpha value is -2.35. The Bertz CT molecular complexity index is 645. The second-order valence-corrected chi connectivity index (χ2v) is 2.64. The lowest BCUT2D eigenvalue weighted by molar-refractivity contribution is 0.460. The van der Waals surface area contributed by atoms with Crippen LogP contribution in [-0.2, 0) is 0 Å². The molecule has 0 amide bonds. The number of hydrogen-bond acceptors (Lipinski definition) is 3. The molecule has 0 aliphatic rings. The maximum atomic E-state index is 11.2. The van der Waals surface area contributed by atoms with Gasteiger partial charge in [-0.15, -0.1) is 0 Å². The van der Waals surface area contributed by atoms with E-state index in [0.29, 0.717) is 11.2 Å². The van der Waals surface area contributed by atoms with Crippen molar-refractivity contribution in [2.24, 2.45) is 0 Å². The molecule has 0 saturated carbocycles. The molecule has 2 aromatic rings. The van der Waals surface area contributed by atoms with E-state index in [0.717, 1.165) is 0 Å². The molecule has 0 aliphatic carbocycles. The van der Waals surface area contributed by atoms with E-state index in [1.54, 1.807) is 0 Å². The molecule has 1 aromatic heterocycles. The van der Waals surface area contributed by atoms with E-state index in [1.807, 2.05) is 0 Å². The first-order valence-corrected chi connectivity index (χ1v) is 3.75. The quantitative estimate of drug-likeness (QED) is 0.628. The minimum absolute atomic E-state index is 0.207. The number of aromatic nitrogens is 1. The van der Waals surface area contributed by atoms with Gasteiger partial charge in [0.25, 0.3) is 0 Å². The first-order valence-electron chi connectivity index (χ1n) is 3.75. The van der Waals surface area contributed by atoms with E-state index in [9.17, 15) is 9.59 Å². The van der Waals surface area contributed by atoms with Gasteiger partial charge in [0, 0.05) is 0 Å².